The Labute approximate surface area is 121 Å². The maximum atomic E-state index is 2.48. The number of benzene rings is 2. The van der Waals surface area contributed by atoms with Gasteiger partial charge in [-0.1, -0.05) is 60.7 Å². The van der Waals surface area contributed by atoms with E-state index >= 15 is 0 Å². The van der Waals surface area contributed by atoms with E-state index in [1.165, 1.54) is 11.1 Å². The van der Waals surface area contributed by atoms with Crippen molar-refractivity contribution in [1.29, 1.82) is 0 Å². The van der Waals surface area contributed by atoms with Gasteiger partial charge in [0.2, 0.25) is 0 Å². The Morgan fingerprint density at radius 1 is 0.650 bits per heavy atom. The second-order valence-electron chi connectivity index (χ2n) is 5.73. The first-order chi connectivity index (χ1) is 9.75. The molecular formula is C18H22N2. The lowest BCUT2D eigenvalue weighted by Gasteiger charge is -2.43. The van der Waals surface area contributed by atoms with E-state index in [1.807, 2.05) is 0 Å². The van der Waals surface area contributed by atoms with E-state index in [-0.39, 0.29) is 0 Å². The van der Waals surface area contributed by atoms with Crippen LogP contribution in [0.25, 0.3) is 0 Å². The SMILES string of the molecule is CN1C[C@@H](c2ccccc2)N(C)C[C@@H]1c1ccccc1. The molecule has 0 saturated carbocycles. The van der Waals surface area contributed by atoms with Gasteiger partial charge >= 0.3 is 0 Å². The van der Waals surface area contributed by atoms with Gasteiger partial charge in [-0.05, 0) is 25.2 Å². The first-order valence-electron chi connectivity index (χ1n) is 7.26. The van der Waals surface area contributed by atoms with Gasteiger partial charge in [-0.3, -0.25) is 9.80 Å². The predicted molar refractivity (Wildman–Crippen MR) is 83.6 cm³/mol. The summed E-state index contributed by atoms with van der Waals surface area (Å²) in [5, 5.41) is 0. The van der Waals surface area contributed by atoms with Gasteiger partial charge in [0.05, 0.1) is 0 Å². The van der Waals surface area contributed by atoms with Crippen molar-refractivity contribution in [3.05, 3.63) is 71.8 Å². The summed E-state index contributed by atoms with van der Waals surface area (Å²) in [5.41, 5.74) is 2.82. The molecule has 2 aromatic rings. The quantitative estimate of drug-likeness (QED) is 0.822. The molecule has 1 saturated heterocycles. The molecule has 2 heteroatoms. The Balaban J connectivity index is 1.80. The highest BCUT2D eigenvalue weighted by Gasteiger charge is 2.31. The standard InChI is InChI=1S/C18H22N2/c1-19-13-18(16-11-7-4-8-12-16)20(2)14-17(19)15-9-5-3-6-10-15/h3-12,17-18H,13-14H2,1-2H3/t17-,18+. The van der Waals surface area contributed by atoms with Gasteiger partial charge in [0, 0.05) is 25.2 Å². The highest BCUT2D eigenvalue weighted by molar-refractivity contribution is 5.23. The van der Waals surface area contributed by atoms with Crippen LogP contribution in [-0.2, 0) is 0 Å². The third kappa shape index (κ3) is 2.62. The molecule has 0 bridgehead atoms. The topological polar surface area (TPSA) is 6.48 Å². The zero-order chi connectivity index (χ0) is 13.9. The van der Waals surface area contributed by atoms with Crippen LogP contribution >= 0.6 is 0 Å². The Morgan fingerprint density at radius 2 is 1.00 bits per heavy atom. The lowest BCUT2D eigenvalue weighted by Crippen LogP contribution is -2.46. The Bertz CT molecular complexity index is 486. The molecular weight excluding hydrogens is 244 g/mol. The van der Waals surface area contributed by atoms with E-state index in [0.29, 0.717) is 12.1 Å². The molecule has 1 fully saturated rings. The van der Waals surface area contributed by atoms with Crippen LogP contribution in [0.15, 0.2) is 60.7 Å². The fourth-order valence-corrected chi connectivity index (χ4v) is 3.15. The molecule has 1 aliphatic rings. The van der Waals surface area contributed by atoms with E-state index in [2.05, 4.69) is 84.6 Å². The predicted octanol–water partition coefficient (Wildman–Crippen LogP) is 3.35. The molecule has 1 aliphatic heterocycles. The summed E-state index contributed by atoms with van der Waals surface area (Å²) in [6.45, 7) is 2.14. The van der Waals surface area contributed by atoms with Crippen LogP contribution in [0.1, 0.15) is 23.2 Å². The molecule has 20 heavy (non-hydrogen) atoms. The van der Waals surface area contributed by atoms with Crippen molar-refractivity contribution in [2.45, 2.75) is 12.1 Å². The first kappa shape index (κ1) is 13.3. The van der Waals surface area contributed by atoms with Gasteiger partial charge in [0.1, 0.15) is 0 Å². The fourth-order valence-electron chi connectivity index (χ4n) is 3.15. The summed E-state index contributed by atoms with van der Waals surface area (Å²) in [4.78, 5) is 4.96. The Morgan fingerprint density at radius 3 is 1.35 bits per heavy atom. The van der Waals surface area contributed by atoms with Gasteiger partial charge in [0.25, 0.3) is 0 Å². The smallest absolute Gasteiger partial charge is 0.0473 e. The van der Waals surface area contributed by atoms with Crippen molar-refractivity contribution in [3.8, 4) is 0 Å². The average molecular weight is 266 g/mol. The number of hydrogen-bond donors (Lipinski definition) is 0. The highest BCUT2D eigenvalue weighted by Crippen LogP contribution is 2.32. The zero-order valence-corrected chi connectivity index (χ0v) is 12.2. The number of rotatable bonds is 2. The van der Waals surface area contributed by atoms with Gasteiger partial charge in [0.15, 0.2) is 0 Å². The van der Waals surface area contributed by atoms with Crippen molar-refractivity contribution >= 4 is 0 Å². The minimum absolute atomic E-state index is 0.487. The third-order valence-electron chi connectivity index (χ3n) is 4.35. The minimum Gasteiger partial charge on any atom is -0.296 e. The molecule has 1 heterocycles. The molecule has 0 spiro atoms. The number of piperazine rings is 1. The molecule has 2 nitrogen and oxygen atoms in total. The van der Waals surface area contributed by atoms with Crippen molar-refractivity contribution in [3.63, 3.8) is 0 Å². The molecule has 2 atom stereocenters. The molecule has 3 rings (SSSR count). The van der Waals surface area contributed by atoms with Crippen LogP contribution in [0.3, 0.4) is 0 Å². The summed E-state index contributed by atoms with van der Waals surface area (Å²) >= 11 is 0. The van der Waals surface area contributed by atoms with Gasteiger partial charge in [-0.25, -0.2) is 0 Å². The average Bonchev–Trinajstić information content (AvgIpc) is 2.51. The maximum absolute atomic E-state index is 2.48. The van der Waals surface area contributed by atoms with Crippen molar-refractivity contribution < 1.29 is 0 Å². The third-order valence-corrected chi connectivity index (χ3v) is 4.35. The molecule has 0 unspecified atom stereocenters. The number of hydrogen-bond acceptors (Lipinski definition) is 2. The van der Waals surface area contributed by atoms with E-state index in [0.717, 1.165) is 13.1 Å². The summed E-state index contributed by atoms with van der Waals surface area (Å²) in [6.07, 6.45) is 0. The van der Waals surface area contributed by atoms with Crippen LogP contribution < -0.4 is 0 Å². The summed E-state index contributed by atoms with van der Waals surface area (Å²) < 4.78 is 0. The van der Waals surface area contributed by atoms with E-state index < -0.39 is 0 Å². The van der Waals surface area contributed by atoms with Crippen LogP contribution in [0.2, 0.25) is 0 Å². The molecule has 0 radical (unpaired) electrons. The lowest BCUT2D eigenvalue weighted by molar-refractivity contribution is 0.0623. The fraction of sp³-hybridized carbons (Fsp3) is 0.333. The van der Waals surface area contributed by atoms with Crippen LogP contribution in [-0.4, -0.2) is 37.0 Å². The number of likely N-dealkylation sites (N-methyl/N-ethyl adjacent to an activating group) is 2. The lowest BCUT2D eigenvalue weighted by atomic mass is 9.97. The second-order valence-corrected chi connectivity index (χ2v) is 5.73. The van der Waals surface area contributed by atoms with E-state index in [1.54, 1.807) is 0 Å². The molecule has 0 N–H and O–H groups in total. The summed E-state index contributed by atoms with van der Waals surface area (Å²) in [6, 6.07) is 22.6. The highest BCUT2D eigenvalue weighted by atomic mass is 15.3. The van der Waals surface area contributed by atoms with E-state index in [4.69, 9.17) is 0 Å². The van der Waals surface area contributed by atoms with Crippen LogP contribution in [0, 0.1) is 0 Å². The Kier molecular flexibility index (Phi) is 3.86. The van der Waals surface area contributed by atoms with Crippen molar-refractivity contribution in [2.75, 3.05) is 27.2 Å². The Hall–Kier alpha value is -1.64. The van der Waals surface area contributed by atoms with Crippen molar-refractivity contribution in [2.24, 2.45) is 0 Å². The second kappa shape index (κ2) is 5.78. The molecule has 2 aromatic carbocycles. The van der Waals surface area contributed by atoms with Crippen LogP contribution in [0.5, 0.6) is 0 Å². The first-order valence-corrected chi connectivity index (χ1v) is 7.26. The molecule has 0 aromatic heterocycles. The molecule has 104 valence electrons. The monoisotopic (exact) mass is 266 g/mol. The van der Waals surface area contributed by atoms with Crippen LogP contribution in [0.4, 0.5) is 0 Å². The van der Waals surface area contributed by atoms with Gasteiger partial charge in [-0.2, -0.15) is 0 Å². The number of nitrogens with zero attached hydrogens (tertiary/aromatic N) is 2. The van der Waals surface area contributed by atoms with Gasteiger partial charge < -0.3 is 0 Å². The summed E-state index contributed by atoms with van der Waals surface area (Å²) in [7, 11) is 4.47. The van der Waals surface area contributed by atoms with E-state index in [9.17, 15) is 0 Å². The maximum Gasteiger partial charge on any atom is 0.0473 e. The zero-order valence-electron chi connectivity index (χ0n) is 12.2. The normalized spacial score (nSPS) is 24.7. The minimum atomic E-state index is 0.487. The largest absolute Gasteiger partial charge is 0.296 e. The molecule has 0 aliphatic carbocycles. The summed E-state index contributed by atoms with van der Waals surface area (Å²) in [5.74, 6) is 0. The van der Waals surface area contributed by atoms with Gasteiger partial charge in [-0.15, -0.1) is 0 Å². The van der Waals surface area contributed by atoms with Crippen molar-refractivity contribution in [1.82, 2.24) is 9.80 Å². The molecule has 0 amide bonds.